The third-order valence-corrected chi connectivity index (χ3v) is 2.49. The maximum Gasteiger partial charge on any atom is 0.166 e. The van der Waals surface area contributed by atoms with E-state index in [1.807, 2.05) is 12.1 Å². The number of rotatable bonds is 2. The van der Waals surface area contributed by atoms with Crippen LogP contribution in [0.2, 0.25) is 0 Å². The zero-order chi connectivity index (χ0) is 10.1. The molecular weight excluding hydrogens is 246 g/mol. The van der Waals surface area contributed by atoms with Crippen molar-refractivity contribution in [1.82, 2.24) is 4.98 Å². The molecule has 0 saturated heterocycles. The fourth-order valence-corrected chi connectivity index (χ4v) is 1.86. The number of H-pyrrole nitrogens is 1. The van der Waals surface area contributed by atoms with Crippen LogP contribution >= 0.6 is 15.9 Å². The summed E-state index contributed by atoms with van der Waals surface area (Å²) < 4.78 is 6.12. The van der Waals surface area contributed by atoms with Crippen LogP contribution in [0.1, 0.15) is 10.5 Å². The molecule has 0 fully saturated rings. The van der Waals surface area contributed by atoms with E-state index in [1.165, 1.54) is 0 Å². The van der Waals surface area contributed by atoms with Gasteiger partial charge in [-0.25, -0.2) is 0 Å². The zero-order valence-corrected chi connectivity index (χ0v) is 9.09. The number of aldehydes is 1. The van der Waals surface area contributed by atoms with Gasteiger partial charge in [-0.2, -0.15) is 0 Å². The summed E-state index contributed by atoms with van der Waals surface area (Å²) in [5.41, 5.74) is 1.44. The highest BCUT2D eigenvalue weighted by molar-refractivity contribution is 9.10. The van der Waals surface area contributed by atoms with Crippen molar-refractivity contribution in [2.24, 2.45) is 0 Å². The Morgan fingerprint density at radius 3 is 2.86 bits per heavy atom. The summed E-state index contributed by atoms with van der Waals surface area (Å²) in [4.78, 5) is 13.6. The third-order valence-electron chi connectivity index (χ3n) is 2.03. The van der Waals surface area contributed by atoms with Crippen LogP contribution in [0.5, 0.6) is 5.75 Å². The van der Waals surface area contributed by atoms with Crippen molar-refractivity contribution in [3.8, 4) is 5.75 Å². The average Bonchev–Trinajstić information content (AvgIpc) is 2.59. The van der Waals surface area contributed by atoms with Crippen molar-refractivity contribution in [2.75, 3.05) is 7.11 Å². The molecule has 0 radical (unpaired) electrons. The third kappa shape index (κ3) is 1.42. The van der Waals surface area contributed by atoms with Crippen LogP contribution in [-0.2, 0) is 0 Å². The van der Waals surface area contributed by atoms with Gasteiger partial charge in [0.05, 0.1) is 18.3 Å². The molecule has 4 heteroatoms. The maximum atomic E-state index is 10.6. The summed E-state index contributed by atoms with van der Waals surface area (Å²) in [5.74, 6) is 0.749. The van der Waals surface area contributed by atoms with Gasteiger partial charge in [-0.05, 0) is 18.2 Å². The number of carbonyl (C=O) groups is 1. The van der Waals surface area contributed by atoms with Crippen LogP contribution in [0.25, 0.3) is 10.9 Å². The van der Waals surface area contributed by atoms with E-state index in [0.29, 0.717) is 5.69 Å². The molecule has 0 bridgehead atoms. The van der Waals surface area contributed by atoms with E-state index < -0.39 is 0 Å². The van der Waals surface area contributed by atoms with Crippen molar-refractivity contribution < 1.29 is 9.53 Å². The van der Waals surface area contributed by atoms with E-state index in [9.17, 15) is 4.79 Å². The SMILES string of the molecule is COc1cc(Br)cc2[nH]c(C=O)cc12. The smallest absolute Gasteiger partial charge is 0.166 e. The first-order valence-corrected chi connectivity index (χ1v) is 4.85. The summed E-state index contributed by atoms with van der Waals surface area (Å²) in [5, 5.41) is 0.915. The minimum Gasteiger partial charge on any atom is -0.496 e. The van der Waals surface area contributed by atoms with Gasteiger partial charge in [-0.3, -0.25) is 4.79 Å². The number of hydrogen-bond acceptors (Lipinski definition) is 2. The number of carbonyl (C=O) groups excluding carboxylic acids is 1. The number of aromatic nitrogens is 1. The van der Waals surface area contributed by atoms with Crippen molar-refractivity contribution in [1.29, 1.82) is 0 Å². The number of hydrogen-bond donors (Lipinski definition) is 1. The van der Waals surface area contributed by atoms with Gasteiger partial charge in [0.15, 0.2) is 6.29 Å². The molecule has 0 aliphatic heterocycles. The van der Waals surface area contributed by atoms with E-state index in [0.717, 1.165) is 27.4 Å². The molecule has 0 unspecified atom stereocenters. The van der Waals surface area contributed by atoms with Crippen LogP contribution in [0.3, 0.4) is 0 Å². The van der Waals surface area contributed by atoms with Crippen LogP contribution < -0.4 is 4.74 Å². The van der Waals surface area contributed by atoms with Crippen molar-refractivity contribution in [3.05, 3.63) is 28.4 Å². The van der Waals surface area contributed by atoms with Crippen molar-refractivity contribution in [2.45, 2.75) is 0 Å². The van der Waals surface area contributed by atoms with Crippen LogP contribution in [0.4, 0.5) is 0 Å². The number of fused-ring (bicyclic) bond motifs is 1. The van der Waals surface area contributed by atoms with Gasteiger partial charge in [0.25, 0.3) is 0 Å². The summed E-state index contributed by atoms with van der Waals surface area (Å²) in [6.07, 6.45) is 0.785. The average molecular weight is 254 g/mol. The molecule has 0 saturated carbocycles. The Morgan fingerprint density at radius 1 is 1.43 bits per heavy atom. The van der Waals surface area contributed by atoms with E-state index >= 15 is 0 Å². The van der Waals surface area contributed by atoms with E-state index in [4.69, 9.17) is 4.74 Å². The summed E-state index contributed by atoms with van der Waals surface area (Å²) in [7, 11) is 1.61. The lowest BCUT2D eigenvalue weighted by molar-refractivity contribution is 0.112. The lowest BCUT2D eigenvalue weighted by atomic mass is 10.2. The Balaban J connectivity index is 2.77. The Hall–Kier alpha value is -1.29. The largest absolute Gasteiger partial charge is 0.496 e. The molecular formula is C10H8BrNO2. The molecule has 72 valence electrons. The second kappa shape index (κ2) is 3.46. The molecule has 0 atom stereocenters. The van der Waals surface area contributed by atoms with Gasteiger partial charge in [0.2, 0.25) is 0 Å². The molecule has 0 spiro atoms. The lowest BCUT2D eigenvalue weighted by Gasteiger charge is -2.01. The van der Waals surface area contributed by atoms with Gasteiger partial charge in [0, 0.05) is 9.86 Å². The molecule has 1 aromatic heterocycles. The summed E-state index contributed by atoms with van der Waals surface area (Å²) >= 11 is 3.37. The highest BCUT2D eigenvalue weighted by Crippen LogP contribution is 2.30. The second-order valence-electron chi connectivity index (χ2n) is 2.91. The molecule has 1 heterocycles. The lowest BCUT2D eigenvalue weighted by Crippen LogP contribution is -1.83. The minimum absolute atomic E-state index is 0.552. The Bertz CT molecular complexity index is 490. The van der Waals surface area contributed by atoms with Crippen molar-refractivity contribution >= 4 is 33.1 Å². The first-order chi connectivity index (χ1) is 6.74. The molecule has 1 aromatic carbocycles. The molecule has 0 amide bonds. The molecule has 2 rings (SSSR count). The molecule has 0 aliphatic carbocycles. The van der Waals surface area contributed by atoms with Gasteiger partial charge >= 0.3 is 0 Å². The standard InChI is InChI=1S/C10H8BrNO2/c1-14-10-3-6(11)2-9-8(10)4-7(5-13)12-9/h2-5,12H,1H3. The van der Waals surface area contributed by atoms with E-state index in [2.05, 4.69) is 20.9 Å². The highest BCUT2D eigenvalue weighted by Gasteiger charge is 2.06. The van der Waals surface area contributed by atoms with Crippen LogP contribution in [-0.4, -0.2) is 18.4 Å². The topological polar surface area (TPSA) is 42.1 Å². The fourth-order valence-electron chi connectivity index (χ4n) is 1.42. The summed E-state index contributed by atoms with van der Waals surface area (Å²) in [6, 6.07) is 5.54. The Labute approximate surface area is 89.2 Å². The van der Waals surface area contributed by atoms with E-state index in [-0.39, 0.29) is 0 Å². The Kier molecular flexibility index (Phi) is 2.29. The first kappa shape index (κ1) is 9.27. The van der Waals surface area contributed by atoms with Crippen LogP contribution in [0.15, 0.2) is 22.7 Å². The van der Waals surface area contributed by atoms with Gasteiger partial charge in [-0.15, -0.1) is 0 Å². The van der Waals surface area contributed by atoms with Gasteiger partial charge in [-0.1, -0.05) is 15.9 Å². The predicted molar refractivity (Wildman–Crippen MR) is 57.9 cm³/mol. The van der Waals surface area contributed by atoms with Crippen LogP contribution in [0, 0.1) is 0 Å². The molecule has 0 aliphatic rings. The number of halogens is 1. The number of methoxy groups -OCH3 is 1. The minimum atomic E-state index is 0.552. The van der Waals surface area contributed by atoms with E-state index in [1.54, 1.807) is 13.2 Å². The van der Waals surface area contributed by atoms with Crippen molar-refractivity contribution in [3.63, 3.8) is 0 Å². The molecule has 1 N–H and O–H groups in total. The predicted octanol–water partition coefficient (Wildman–Crippen LogP) is 2.75. The Morgan fingerprint density at radius 2 is 2.21 bits per heavy atom. The quantitative estimate of drug-likeness (QED) is 0.837. The highest BCUT2D eigenvalue weighted by atomic mass is 79.9. The van der Waals surface area contributed by atoms with Gasteiger partial charge < -0.3 is 9.72 Å². The zero-order valence-electron chi connectivity index (χ0n) is 7.50. The molecule has 14 heavy (non-hydrogen) atoms. The molecule has 2 aromatic rings. The maximum absolute atomic E-state index is 10.6. The normalized spacial score (nSPS) is 10.4. The fraction of sp³-hybridized carbons (Fsp3) is 0.100. The molecule has 3 nitrogen and oxygen atoms in total. The number of benzene rings is 1. The van der Waals surface area contributed by atoms with Gasteiger partial charge in [0.1, 0.15) is 5.75 Å². The second-order valence-corrected chi connectivity index (χ2v) is 3.83. The number of nitrogens with one attached hydrogen (secondary N) is 1. The first-order valence-electron chi connectivity index (χ1n) is 4.06. The number of ether oxygens (including phenoxy) is 1. The summed E-state index contributed by atoms with van der Waals surface area (Å²) in [6.45, 7) is 0. The monoisotopic (exact) mass is 253 g/mol. The number of aromatic amines is 1.